The van der Waals surface area contributed by atoms with Crippen LogP contribution in [0.15, 0.2) is 46.0 Å². The molecule has 0 aliphatic heterocycles. The molecule has 0 saturated heterocycles. The van der Waals surface area contributed by atoms with Gasteiger partial charge in [-0.3, -0.25) is 0 Å². The van der Waals surface area contributed by atoms with E-state index in [9.17, 15) is 0 Å². The predicted octanol–water partition coefficient (Wildman–Crippen LogP) is 3.45. The van der Waals surface area contributed by atoms with Crippen LogP contribution in [0.2, 0.25) is 0 Å². The summed E-state index contributed by atoms with van der Waals surface area (Å²) in [6.45, 7) is 2.09. The van der Waals surface area contributed by atoms with Gasteiger partial charge < -0.3 is 4.42 Å². The molecular formula is C11H11NOS. The Hall–Kier alpha value is -1.22. The van der Waals surface area contributed by atoms with E-state index in [4.69, 9.17) is 4.42 Å². The molecule has 1 aromatic heterocycles. The molecule has 0 atom stereocenters. The predicted molar refractivity (Wildman–Crippen MR) is 58.3 cm³/mol. The van der Waals surface area contributed by atoms with Crippen LogP contribution < -0.4 is 0 Å². The van der Waals surface area contributed by atoms with Crippen LogP contribution in [0.3, 0.4) is 0 Å². The van der Waals surface area contributed by atoms with Gasteiger partial charge in [-0.2, -0.15) is 0 Å². The minimum Gasteiger partial charge on any atom is -0.430 e. The van der Waals surface area contributed by atoms with E-state index >= 15 is 0 Å². The zero-order chi connectivity index (χ0) is 9.80. The van der Waals surface area contributed by atoms with Crippen molar-refractivity contribution in [2.45, 2.75) is 12.0 Å². The van der Waals surface area contributed by atoms with E-state index in [-0.39, 0.29) is 0 Å². The second-order valence-electron chi connectivity index (χ2n) is 2.78. The Balaban J connectivity index is 2.25. The molecule has 0 saturated carbocycles. The van der Waals surface area contributed by atoms with Gasteiger partial charge in [0.15, 0.2) is 5.09 Å². The van der Waals surface area contributed by atoms with Crippen molar-refractivity contribution in [2.24, 2.45) is 0 Å². The van der Waals surface area contributed by atoms with Crippen LogP contribution in [0.5, 0.6) is 0 Å². The Bertz CT molecular complexity index is 397. The summed E-state index contributed by atoms with van der Waals surface area (Å²) in [5, 5.41) is 0.881. The van der Waals surface area contributed by atoms with Crippen LogP contribution in [0.25, 0.3) is 11.5 Å². The molecule has 0 unspecified atom stereocenters. The summed E-state index contributed by atoms with van der Waals surface area (Å²) in [4.78, 5) is 4.22. The smallest absolute Gasteiger partial charge is 0.227 e. The third-order valence-corrected chi connectivity index (χ3v) is 2.55. The average Bonchev–Trinajstić information content (AvgIpc) is 2.68. The molecule has 2 aromatic rings. The normalized spacial score (nSPS) is 10.4. The van der Waals surface area contributed by atoms with E-state index in [0.717, 1.165) is 16.4 Å². The lowest BCUT2D eigenvalue weighted by Gasteiger charge is -1.93. The molecule has 0 amide bonds. The second-order valence-corrected chi connectivity index (χ2v) is 4.05. The standard InChI is InChI=1S/C11H11NOS/c1-2-14-10-8-12-11(13-10)9-6-4-3-5-7-9/h3-8H,2H2,1H3. The molecule has 72 valence electrons. The summed E-state index contributed by atoms with van der Waals surface area (Å²) < 4.78 is 5.56. The highest BCUT2D eigenvalue weighted by Gasteiger charge is 2.04. The molecule has 0 bridgehead atoms. The molecule has 0 fully saturated rings. The Kier molecular flexibility index (Phi) is 2.89. The molecule has 0 aliphatic rings. The van der Waals surface area contributed by atoms with Gasteiger partial charge in [0, 0.05) is 5.56 Å². The van der Waals surface area contributed by atoms with E-state index in [1.165, 1.54) is 0 Å². The average molecular weight is 205 g/mol. The van der Waals surface area contributed by atoms with Gasteiger partial charge >= 0.3 is 0 Å². The van der Waals surface area contributed by atoms with Gasteiger partial charge in [0.1, 0.15) is 0 Å². The summed E-state index contributed by atoms with van der Waals surface area (Å²) in [7, 11) is 0. The molecule has 0 N–H and O–H groups in total. The van der Waals surface area contributed by atoms with Gasteiger partial charge in [0.05, 0.1) is 6.20 Å². The Morgan fingerprint density at radius 3 is 2.79 bits per heavy atom. The Labute approximate surface area is 87.4 Å². The third kappa shape index (κ3) is 1.99. The minimum atomic E-state index is 0.696. The highest BCUT2D eigenvalue weighted by Crippen LogP contribution is 2.24. The van der Waals surface area contributed by atoms with Crippen molar-refractivity contribution < 1.29 is 4.42 Å². The first-order valence-corrected chi connectivity index (χ1v) is 5.52. The number of aromatic nitrogens is 1. The summed E-state index contributed by atoms with van der Waals surface area (Å²) in [5.41, 5.74) is 1.02. The maximum atomic E-state index is 5.56. The first kappa shape index (κ1) is 9.34. The minimum absolute atomic E-state index is 0.696. The van der Waals surface area contributed by atoms with Crippen LogP contribution in [-0.4, -0.2) is 10.7 Å². The van der Waals surface area contributed by atoms with E-state index in [0.29, 0.717) is 5.89 Å². The first-order valence-electron chi connectivity index (χ1n) is 4.54. The van der Waals surface area contributed by atoms with Gasteiger partial charge in [-0.15, -0.1) is 0 Å². The van der Waals surface area contributed by atoms with E-state index in [1.54, 1.807) is 18.0 Å². The quantitative estimate of drug-likeness (QED) is 0.718. The summed E-state index contributed by atoms with van der Waals surface area (Å²) in [5.74, 6) is 1.70. The number of hydrogen-bond donors (Lipinski definition) is 0. The number of thioether (sulfide) groups is 1. The van der Waals surface area contributed by atoms with Gasteiger partial charge in [-0.1, -0.05) is 36.9 Å². The number of rotatable bonds is 3. The number of benzene rings is 1. The highest BCUT2D eigenvalue weighted by molar-refractivity contribution is 7.99. The summed E-state index contributed by atoms with van der Waals surface area (Å²) in [6, 6.07) is 9.92. The van der Waals surface area contributed by atoms with Gasteiger partial charge in [-0.25, -0.2) is 4.98 Å². The van der Waals surface area contributed by atoms with Crippen molar-refractivity contribution in [3.05, 3.63) is 36.5 Å². The van der Waals surface area contributed by atoms with E-state index in [2.05, 4.69) is 11.9 Å². The molecule has 3 heteroatoms. The van der Waals surface area contributed by atoms with E-state index in [1.807, 2.05) is 30.3 Å². The summed E-state index contributed by atoms with van der Waals surface area (Å²) >= 11 is 1.66. The maximum Gasteiger partial charge on any atom is 0.227 e. The van der Waals surface area contributed by atoms with Gasteiger partial charge in [0.25, 0.3) is 0 Å². The molecule has 0 aliphatic carbocycles. The molecule has 14 heavy (non-hydrogen) atoms. The SMILES string of the molecule is CCSc1cnc(-c2ccccc2)o1. The first-order chi connectivity index (χ1) is 6.90. The maximum absolute atomic E-state index is 5.56. The summed E-state index contributed by atoms with van der Waals surface area (Å²) in [6.07, 6.45) is 1.77. The Morgan fingerprint density at radius 2 is 2.07 bits per heavy atom. The zero-order valence-electron chi connectivity index (χ0n) is 7.93. The van der Waals surface area contributed by atoms with Crippen molar-refractivity contribution in [3.63, 3.8) is 0 Å². The monoisotopic (exact) mass is 205 g/mol. The van der Waals surface area contributed by atoms with Crippen LogP contribution in [-0.2, 0) is 0 Å². The second kappa shape index (κ2) is 4.33. The van der Waals surface area contributed by atoms with Crippen molar-refractivity contribution in [3.8, 4) is 11.5 Å². The number of oxazole rings is 1. The fraction of sp³-hybridized carbons (Fsp3) is 0.182. The van der Waals surface area contributed by atoms with Crippen LogP contribution >= 0.6 is 11.8 Å². The fourth-order valence-corrected chi connectivity index (χ4v) is 1.73. The van der Waals surface area contributed by atoms with Crippen LogP contribution in [0, 0.1) is 0 Å². The molecule has 1 heterocycles. The largest absolute Gasteiger partial charge is 0.430 e. The fourth-order valence-electron chi connectivity index (χ4n) is 1.18. The zero-order valence-corrected chi connectivity index (χ0v) is 8.75. The van der Waals surface area contributed by atoms with Gasteiger partial charge in [-0.05, 0) is 17.9 Å². The van der Waals surface area contributed by atoms with Crippen molar-refractivity contribution in [2.75, 3.05) is 5.75 Å². The lowest BCUT2D eigenvalue weighted by molar-refractivity contribution is 0.484. The number of hydrogen-bond acceptors (Lipinski definition) is 3. The van der Waals surface area contributed by atoms with Crippen molar-refractivity contribution >= 4 is 11.8 Å². The Morgan fingerprint density at radius 1 is 1.29 bits per heavy atom. The molecule has 1 aromatic carbocycles. The van der Waals surface area contributed by atoms with E-state index < -0.39 is 0 Å². The molecule has 0 radical (unpaired) electrons. The molecule has 2 nitrogen and oxygen atoms in total. The number of nitrogens with zero attached hydrogens (tertiary/aromatic N) is 1. The van der Waals surface area contributed by atoms with Crippen LogP contribution in [0.4, 0.5) is 0 Å². The molecule has 2 rings (SSSR count). The lowest BCUT2D eigenvalue weighted by atomic mass is 10.2. The molecular weight excluding hydrogens is 194 g/mol. The molecule has 0 spiro atoms. The van der Waals surface area contributed by atoms with Crippen LogP contribution in [0.1, 0.15) is 6.92 Å². The topological polar surface area (TPSA) is 26.0 Å². The van der Waals surface area contributed by atoms with Crippen molar-refractivity contribution in [1.82, 2.24) is 4.98 Å². The highest BCUT2D eigenvalue weighted by atomic mass is 32.2. The lowest BCUT2D eigenvalue weighted by Crippen LogP contribution is -1.73. The van der Waals surface area contributed by atoms with Crippen molar-refractivity contribution in [1.29, 1.82) is 0 Å². The van der Waals surface area contributed by atoms with Gasteiger partial charge in [0.2, 0.25) is 5.89 Å². The third-order valence-electron chi connectivity index (χ3n) is 1.79.